The normalized spacial score (nSPS) is 10.9. The van der Waals surface area contributed by atoms with Crippen molar-refractivity contribution in [1.29, 1.82) is 0 Å². The summed E-state index contributed by atoms with van der Waals surface area (Å²) < 4.78 is 38.7. The van der Waals surface area contributed by atoms with Crippen LogP contribution in [-0.2, 0) is 17.9 Å². The lowest BCUT2D eigenvalue weighted by atomic mass is 10.1. The fourth-order valence-electron chi connectivity index (χ4n) is 2.43. The second kappa shape index (κ2) is 9.02. The Kier molecular flexibility index (Phi) is 6.76. The van der Waals surface area contributed by atoms with E-state index in [0.717, 1.165) is 11.0 Å². The van der Waals surface area contributed by atoms with E-state index in [2.05, 4.69) is 11.9 Å². The molecule has 0 aliphatic carbocycles. The summed E-state index contributed by atoms with van der Waals surface area (Å²) >= 11 is 0. The number of hydrogen-bond acceptors (Lipinski definition) is 2. The van der Waals surface area contributed by atoms with E-state index in [1.165, 1.54) is 12.1 Å². The van der Waals surface area contributed by atoms with Gasteiger partial charge in [0.15, 0.2) is 0 Å². The molecule has 2 rings (SSSR count). The number of rotatable bonds is 7. The molecular formula is C20H19F3N2O2. The third-order valence-corrected chi connectivity index (χ3v) is 3.73. The van der Waals surface area contributed by atoms with Crippen LogP contribution >= 0.6 is 0 Å². The van der Waals surface area contributed by atoms with Crippen LogP contribution in [0.5, 0.6) is 0 Å². The van der Waals surface area contributed by atoms with Crippen LogP contribution in [-0.4, -0.2) is 29.4 Å². The highest BCUT2D eigenvalue weighted by Crippen LogP contribution is 2.20. The van der Waals surface area contributed by atoms with Gasteiger partial charge in [0.05, 0.1) is 0 Å². The second-order valence-corrected chi connectivity index (χ2v) is 5.88. The van der Waals surface area contributed by atoms with Crippen molar-refractivity contribution in [3.63, 3.8) is 0 Å². The number of amides is 2. The molecule has 0 heterocycles. The largest absolute Gasteiger partial charge is 0.406 e. The summed E-state index contributed by atoms with van der Waals surface area (Å²) in [4.78, 5) is 24.5. The van der Waals surface area contributed by atoms with E-state index in [1.807, 2.05) is 0 Å². The van der Waals surface area contributed by atoms with Crippen LogP contribution in [0.15, 0.2) is 67.3 Å². The van der Waals surface area contributed by atoms with Crippen molar-refractivity contribution in [1.82, 2.24) is 10.2 Å². The number of carbonyl (C=O) groups excluding carboxylic acids is 2. The van der Waals surface area contributed by atoms with Gasteiger partial charge in [-0.15, -0.1) is 0 Å². The van der Waals surface area contributed by atoms with Crippen molar-refractivity contribution >= 4 is 11.8 Å². The van der Waals surface area contributed by atoms with Gasteiger partial charge in [-0.2, -0.15) is 13.2 Å². The van der Waals surface area contributed by atoms with E-state index in [4.69, 9.17) is 0 Å². The number of alkyl halides is 3. The zero-order valence-corrected chi connectivity index (χ0v) is 14.5. The zero-order chi connectivity index (χ0) is 19.9. The minimum absolute atomic E-state index is 0.143. The summed E-state index contributed by atoms with van der Waals surface area (Å²) in [7, 11) is 0. The second-order valence-electron chi connectivity index (χ2n) is 5.88. The van der Waals surface area contributed by atoms with Crippen LogP contribution in [0, 0.1) is 0 Å². The third kappa shape index (κ3) is 6.62. The summed E-state index contributed by atoms with van der Waals surface area (Å²) in [6.07, 6.45) is -3.37. The summed E-state index contributed by atoms with van der Waals surface area (Å²) in [5.74, 6) is -1.05. The molecule has 0 aliphatic rings. The van der Waals surface area contributed by atoms with E-state index in [9.17, 15) is 22.8 Å². The standard InChI is InChI=1S/C20H19F3N2O2/c1-2-18(26)24-12-15-8-10-17(11-9-15)19(27)25(14-20(21,22)23)13-16-6-4-3-5-7-16/h2-11H,1,12-14H2,(H,24,26). The van der Waals surface area contributed by atoms with Crippen molar-refractivity contribution in [3.8, 4) is 0 Å². The average Bonchev–Trinajstić information content (AvgIpc) is 2.65. The van der Waals surface area contributed by atoms with Gasteiger partial charge in [-0.25, -0.2) is 0 Å². The Morgan fingerprint density at radius 2 is 1.63 bits per heavy atom. The van der Waals surface area contributed by atoms with Crippen LogP contribution in [0.4, 0.5) is 13.2 Å². The Labute approximate surface area is 155 Å². The number of hydrogen-bond donors (Lipinski definition) is 1. The molecule has 0 saturated heterocycles. The number of halogens is 3. The van der Waals surface area contributed by atoms with E-state index < -0.39 is 18.6 Å². The van der Waals surface area contributed by atoms with Gasteiger partial charge < -0.3 is 10.2 Å². The van der Waals surface area contributed by atoms with Crippen LogP contribution in [0.25, 0.3) is 0 Å². The van der Waals surface area contributed by atoms with E-state index in [0.29, 0.717) is 11.1 Å². The van der Waals surface area contributed by atoms with Gasteiger partial charge in [0.25, 0.3) is 5.91 Å². The predicted octanol–water partition coefficient (Wildman–Crippen LogP) is 3.69. The van der Waals surface area contributed by atoms with E-state index in [-0.39, 0.29) is 24.6 Å². The van der Waals surface area contributed by atoms with E-state index in [1.54, 1.807) is 42.5 Å². The van der Waals surface area contributed by atoms with Crippen LogP contribution < -0.4 is 5.32 Å². The molecule has 142 valence electrons. The highest BCUT2D eigenvalue weighted by Gasteiger charge is 2.33. The third-order valence-electron chi connectivity index (χ3n) is 3.73. The number of benzene rings is 2. The predicted molar refractivity (Wildman–Crippen MR) is 95.7 cm³/mol. The van der Waals surface area contributed by atoms with Crippen molar-refractivity contribution in [2.45, 2.75) is 19.3 Å². The molecule has 0 bridgehead atoms. The molecular weight excluding hydrogens is 357 g/mol. The van der Waals surface area contributed by atoms with Crippen LogP contribution in [0.1, 0.15) is 21.5 Å². The molecule has 0 spiro atoms. The lowest BCUT2D eigenvalue weighted by Gasteiger charge is -2.24. The van der Waals surface area contributed by atoms with Gasteiger partial charge >= 0.3 is 6.18 Å². The number of nitrogens with zero attached hydrogens (tertiary/aromatic N) is 1. The first-order chi connectivity index (χ1) is 12.8. The van der Waals surface area contributed by atoms with Gasteiger partial charge in [-0.3, -0.25) is 9.59 Å². The maximum absolute atomic E-state index is 12.9. The van der Waals surface area contributed by atoms with Crippen LogP contribution in [0.3, 0.4) is 0 Å². The quantitative estimate of drug-likeness (QED) is 0.750. The molecule has 2 amide bonds. The van der Waals surface area contributed by atoms with Gasteiger partial charge in [0.1, 0.15) is 6.54 Å². The highest BCUT2D eigenvalue weighted by molar-refractivity contribution is 5.94. The molecule has 0 radical (unpaired) electrons. The first kappa shape index (κ1) is 20.2. The average molecular weight is 376 g/mol. The fraction of sp³-hybridized carbons (Fsp3) is 0.200. The molecule has 0 aliphatic heterocycles. The van der Waals surface area contributed by atoms with Crippen molar-refractivity contribution in [3.05, 3.63) is 83.9 Å². The first-order valence-electron chi connectivity index (χ1n) is 8.17. The van der Waals surface area contributed by atoms with Crippen molar-refractivity contribution in [2.75, 3.05) is 6.54 Å². The fourth-order valence-corrected chi connectivity index (χ4v) is 2.43. The monoisotopic (exact) mass is 376 g/mol. The zero-order valence-electron chi connectivity index (χ0n) is 14.5. The Hall–Kier alpha value is -3.09. The maximum Gasteiger partial charge on any atom is 0.406 e. The minimum atomic E-state index is -4.50. The molecule has 2 aromatic rings. The number of carbonyl (C=O) groups is 2. The van der Waals surface area contributed by atoms with Crippen molar-refractivity contribution in [2.24, 2.45) is 0 Å². The molecule has 4 nitrogen and oxygen atoms in total. The maximum atomic E-state index is 12.9. The molecule has 0 atom stereocenters. The van der Waals surface area contributed by atoms with Gasteiger partial charge in [-0.05, 0) is 29.3 Å². The summed E-state index contributed by atoms with van der Waals surface area (Å²) in [6.45, 7) is 2.09. The molecule has 27 heavy (non-hydrogen) atoms. The Bertz CT molecular complexity index is 787. The Morgan fingerprint density at radius 3 is 2.19 bits per heavy atom. The first-order valence-corrected chi connectivity index (χ1v) is 8.17. The van der Waals surface area contributed by atoms with Gasteiger partial charge in [-0.1, -0.05) is 49.0 Å². The van der Waals surface area contributed by atoms with Crippen molar-refractivity contribution < 1.29 is 22.8 Å². The number of nitrogens with one attached hydrogen (secondary N) is 1. The minimum Gasteiger partial charge on any atom is -0.348 e. The van der Waals surface area contributed by atoms with E-state index >= 15 is 0 Å². The summed E-state index contributed by atoms with van der Waals surface area (Å²) in [5, 5.41) is 2.58. The molecule has 0 fully saturated rings. The molecule has 2 aromatic carbocycles. The molecule has 7 heteroatoms. The Morgan fingerprint density at radius 1 is 1.00 bits per heavy atom. The smallest absolute Gasteiger partial charge is 0.348 e. The van der Waals surface area contributed by atoms with Gasteiger partial charge in [0.2, 0.25) is 5.91 Å². The summed E-state index contributed by atoms with van der Waals surface area (Å²) in [5.41, 5.74) is 1.47. The molecule has 0 unspecified atom stereocenters. The SMILES string of the molecule is C=CC(=O)NCc1ccc(C(=O)N(Cc2ccccc2)CC(F)(F)F)cc1. The highest BCUT2D eigenvalue weighted by atomic mass is 19.4. The molecule has 0 saturated carbocycles. The van der Waals surface area contributed by atoms with Crippen LogP contribution in [0.2, 0.25) is 0 Å². The summed E-state index contributed by atoms with van der Waals surface area (Å²) in [6, 6.07) is 14.6. The lowest BCUT2D eigenvalue weighted by molar-refractivity contribution is -0.141. The van der Waals surface area contributed by atoms with Gasteiger partial charge in [0, 0.05) is 18.7 Å². The topological polar surface area (TPSA) is 49.4 Å². The molecule has 1 N–H and O–H groups in total. The lowest BCUT2D eigenvalue weighted by Crippen LogP contribution is -2.38. The Balaban J connectivity index is 2.13. The molecule has 0 aromatic heterocycles.